The minimum Gasteiger partial charge on any atom is -0.423 e. The predicted molar refractivity (Wildman–Crippen MR) is 48.5 cm³/mol. The summed E-state index contributed by atoms with van der Waals surface area (Å²) in [6, 6.07) is 7.32. The molecule has 2 nitrogen and oxygen atoms in total. The third kappa shape index (κ3) is 1.85. The first-order valence-corrected chi connectivity index (χ1v) is 3.69. The normalized spacial score (nSPS) is 9.64. The Bertz CT molecular complexity index is 238. The van der Waals surface area contributed by atoms with Gasteiger partial charge in [0.15, 0.2) is 0 Å². The van der Waals surface area contributed by atoms with E-state index in [1.54, 1.807) is 12.1 Å². The maximum atomic E-state index is 8.89. The molecule has 1 rings (SSSR count). The highest BCUT2D eigenvalue weighted by molar-refractivity contribution is 6.59. The van der Waals surface area contributed by atoms with E-state index in [4.69, 9.17) is 10.0 Å². The Morgan fingerprint density at radius 3 is 2.36 bits per heavy atom. The zero-order valence-electron chi connectivity index (χ0n) is 6.49. The lowest BCUT2D eigenvalue weighted by Gasteiger charge is -2.04. The zero-order valence-corrected chi connectivity index (χ0v) is 6.49. The van der Waals surface area contributed by atoms with Crippen molar-refractivity contribution in [2.75, 3.05) is 0 Å². The Morgan fingerprint density at radius 2 is 1.91 bits per heavy atom. The molecule has 0 bridgehead atoms. The van der Waals surface area contributed by atoms with Crippen molar-refractivity contribution < 1.29 is 10.0 Å². The van der Waals surface area contributed by atoms with Crippen LogP contribution in [0.4, 0.5) is 0 Å². The Hall–Kier alpha value is -0.730. The fraction of sp³-hybridized carbons (Fsp3) is 0.143. The van der Waals surface area contributed by atoms with Gasteiger partial charge in [-0.1, -0.05) is 36.1 Å². The summed E-state index contributed by atoms with van der Waals surface area (Å²) in [5.41, 5.74) is 1.59. The van der Waals surface area contributed by atoms with E-state index in [2.05, 4.69) is 0 Å². The van der Waals surface area contributed by atoms with Crippen molar-refractivity contribution in [1.82, 2.24) is 0 Å². The largest absolute Gasteiger partial charge is 0.488 e. The van der Waals surface area contributed by atoms with Gasteiger partial charge in [-0.25, -0.2) is 0 Å². The highest BCUT2D eigenvalue weighted by Crippen LogP contribution is 1.95. The molecule has 1 aromatic rings. The van der Waals surface area contributed by atoms with Gasteiger partial charge in [0.25, 0.3) is 0 Å². The SMILES string of the molecule is BCc1ccccc1B(O)O. The minimum absolute atomic E-state index is 0.606. The van der Waals surface area contributed by atoms with Crippen LogP contribution in [0.1, 0.15) is 5.56 Å². The molecule has 1 aromatic carbocycles. The second kappa shape index (κ2) is 3.60. The molecule has 0 amide bonds. The molecule has 56 valence electrons. The van der Waals surface area contributed by atoms with E-state index in [9.17, 15) is 0 Å². The first-order valence-electron chi connectivity index (χ1n) is 3.69. The minimum atomic E-state index is -1.34. The summed E-state index contributed by atoms with van der Waals surface area (Å²) in [5, 5.41) is 17.8. The highest BCUT2D eigenvalue weighted by Gasteiger charge is 2.13. The molecular formula is C7H10B2O2. The summed E-state index contributed by atoms with van der Waals surface area (Å²) >= 11 is 0. The van der Waals surface area contributed by atoms with E-state index in [0.29, 0.717) is 5.46 Å². The van der Waals surface area contributed by atoms with Crippen molar-refractivity contribution in [2.24, 2.45) is 0 Å². The van der Waals surface area contributed by atoms with Crippen LogP contribution in [0.25, 0.3) is 0 Å². The summed E-state index contributed by atoms with van der Waals surface area (Å²) < 4.78 is 0. The predicted octanol–water partition coefficient (Wildman–Crippen LogP) is -1.50. The quantitative estimate of drug-likeness (QED) is 0.501. The van der Waals surface area contributed by atoms with Crippen LogP contribution < -0.4 is 5.46 Å². The number of benzene rings is 1. The van der Waals surface area contributed by atoms with E-state index in [1.807, 2.05) is 20.0 Å². The van der Waals surface area contributed by atoms with Crippen LogP contribution in [-0.2, 0) is 6.32 Å². The number of hydrogen-bond acceptors (Lipinski definition) is 2. The Balaban J connectivity index is 3.02. The van der Waals surface area contributed by atoms with Crippen LogP contribution in [0, 0.1) is 0 Å². The van der Waals surface area contributed by atoms with Gasteiger partial charge in [0, 0.05) is 0 Å². The molecule has 0 unspecified atom stereocenters. The van der Waals surface area contributed by atoms with Crippen LogP contribution in [0.2, 0.25) is 0 Å². The Kier molecular flexibility index (Phi) is 2.74. The molecule has 0 aliphatic carbocycles. The van der Waals surface area contributed by atoms with E-state index in [-0.39, 0.29) is 0 Å². The van der Waals surface area contributed by atoms with Crippen LogP contribution in [0.3, 0.4) is 0 Å². The van der Waals surface area contributed by atoms with Gasteiger partial charge in [0.2, 0.25) is 0 Å². The molecule has 0 saturated heterocycles. The molecule has 11 heavy (non-hydrogen) atoms. The monoisotopic (exact) mass is 148 g/mol. The molecule has 0 heterocycles. The molecule has 0 aliphatic heterocycles. The summed E-state index contributed by atoms with van der Waals surface area (Å²) in [6.07, 6.45) is 0.827. The van der Waals surface area contributed by atoms with Gasteiger partial charge in [0.1, 0.15) is 7.85 Å². The van der Waals surface area contributed by atoms with Crippen molar-refractivity contribution in [1.29, 1.82) is 0 Å². The molecule has 0 radical (unpaired) electrons. The van der Waals surface area contributed by atoms with Gasteiger partial charge in [-0.15, -0.1) is 0 Å². The van der Waals surface area contributed by atoms with Gasteiger partial charge in [-0.05, 0) is 5.46 Å². The molecule has 0 atom stereocenters. The number of rotatable bonds is 2. The average Bonchev–Trinajstić information content (AvgIpc) is 2.04. The van der Waals surface area contributed by atoms with Crippen molar-refractivity contribution >= 4 is 20.4 Å². The van der Waals surface area contributed by atoms with E-state index in [1.165, 1.54) is 0 Å². The summed E-state index contributed by atoms with van der Waals surface area (Å²) in [7, 11) is 0.646. The van der Waals surface area contributed by atoms with Gasteiger partial charge in [-0.2, -0.15) is 0 Å². The Morgan fingerprint density at radius 1 is 1.27 bits per heavy atom. The fourth-order valence-electron chi connectivity index (χ4n) is 1.11. The van der Waals surface area contributed by atoms with E-state index >= 15 is 0 Å². The van der Waals surface area contributed by atoms with Gasteiger partial charge >= 0.3 is 7.12 Å². The first-order chi connectivity index (χ1) is 5.25. The van der Waals surface area contributed by atoms with Gasteiger partial charge in [0.05, 0.1) is 0 Å². The van der Waals surface area contributed by atoms with Crippen LogP contribution in [0.15, 0.2) is 24.3 Å². The second-order valence-corrected chi connectivity index (χ2v) is 2.43. The second-order valence-electron chi connectivity index (χ2n) is 2.43. The highest BCUT2D eigenvalue weighted by atomic mass is 16.4. The molecule has 4 heteroatoms. The third-order valence-corrected chi connectivity index (χ3v) is 1.71. The Labute approximate surface area is 67.4 Å². The zero-order chi connectivity index (χ0) is 8.27. The first kappa shape index (κ1) is 8.37. The molecule has 0 spiro atoms. The smallest absolute Gasteiger partial charge is 0.423 e. The molecule has 0 aliphatic rings. The van der Waals surface area contributed by atoms with Crippen molar-refractivity contribution in [3.8, 4) is 0 Å². The van der Waals surface area contributed by atoms with Crippen molar-refractivity contribution in [2.45, 2.75) is 6.32 Å². The van der Waals surface area contributed by atoms with Crippen LogP contribution >= 0.6 is 0 Å². The fourth-order valence-corrected chi connectivity index (χ4v) is 1.11. The van der Waals surface area contributed by atoms with Crippen LogP contribution in [-0.4, -0.2) is 25.0 Å². The lowest BCUT2D eigenvalue weighted by atomic mass is 9.74. The molecule has 0 fully saturated rings. The van der Waals surface area contributed by atoms with Gasteiger partial charge < -0.3 is 10.0 Å². The topological polar surface area (TPSA) is 40.5 Å². The maximum Gasteiger partial charge on any atom is 0.488 e. The summed E-state index contributed by atoms with van der Waals surface area (Å²) in [6.45, 7) is 0. The van der Waals surface area contributed by atoms with Gasteiger partial charge in [-0.3, -0.25) is 0 Å². The van der Waals surface area contributed by atoms with E-state index < -0.39 is 7.12 Å². The standard InChI is InChI=1S/C7H10B2O2/c8-5-6-3-1-2-4-7(6)9(10)11/h1-4,10-11H,5,8H2. The van der Waals surface area contributed by atoms with Crippen LogP contribution in [0.5, 0.6) is 0 Å². The van der Waals surface area contributed by atoms with Crippen molar-refractivity contribution in [3.05, 3.63) is 29.8 Å². The molecule has 0 aromatic heterocycles. The summed E-state index contributed by atoms with van der Waals surface area (Å²) in [4.78, 5) is 0. The molecular weight excluding hydrogens is 138 g/mol. The lowest BCUT2D eigenvalue weighted by Crippen LogP contribution is -2.32. The van der Waals surface area contributed by atoms with Crippen molar-refractivity contribution in [3.63, 3.8) is 0 Å². The summed E-state index contributed by atoms with van der Waals surface area (Å²) in [5.74, 6) is 0. The van der Waals surface area contributed by atoms with E-state index in [0.717, 1.165) is 11.9 Å². The third-order valence-electron chi connectivity index (χ3n) is 1.71. The maximum absolute atomic E-state index is 8.89. The average molecular weight is 148 g/mol. The lowest BCUT2D eigenvalue weighted by molar-refractivity contribution is 0.425. The number of hydrogen-bond donors (Lipinski definition) is 2. The molecule has 0 saturated carbocycles. The molecule has 2 N–H and O–H groups in total.